The van der Waals surface area contributed by atoms with E-state index in [2.05, 4.69) is 21.2 Å². The van der Waals surface area contributed by atoms with Crippen LogP contribution < -0.4 is 11.1 Å². The van der Waals surface area contributed by atoms with Crippen molar-refractivity contribution >= 4 is 33.5 Å². The Kier molecular flexibility index (Phi) is 5.15. The van der Waals surface area contributed by atoms with Gasteiger partial charge < -0.3 is 16.2 Å². The molecule has 1 rings (SSSR count). The van der Waals surface area contributed by atoms with Gasteiger partial charge in [0.1, 0.15) is 0 Å². The van der Waals surface area contributed by atoms with Crippen molar-refractivity contribution in [1.82, 2.24) is 5.32 Å². The Labute approximate surface area is 113 Å². The number of rotatable bonds is 5. The molecule has 0 fully saturated rings. The number of carbonyl (C=O) groups excluding carboxylic acids is 1. The molecule has 6 heteroatoms. The van der Waals surface area contributed by atoms with Crippen LogP contribution in [-0.4, -0.2) is 23.5 Å². The van der Waals surface area contributed by atoms with Gasteiger partial charge in [0.05, 0.1) is 5.92 Å². The first kappa shape index (κ1) is 14.5. The molecule has 0 radical (unpaired) electrons. The van der Waals surface area contributed by atoms with Gasteiger partial charge in [-0.25, -0.2) is 0 Å². The van der Waals surface area contributed by atoms with Crippen LogP contribution in [0.5, 0.6) is 0 Å². The summed E-state index contributed by atoms with van der Waals surface area (Å²) in [5.41, 5.74) is 6.57. The van der Waals surface area contributed by atoms with Gasteiger partial charge in [0.15, 0.2) is 0 Å². The predicted octanol–water partition coefficient (Wildman–Crippen LogP) is 1.87. The van der Waals surface area contributed by atoms with Crippen LogP contribution in [0, 0.1) is 5.92 Å². The molecule has 0 saturated carbocycles. The van der Waals surface area contributed by atoms with E-state index in [1.165, 1.54) is 0 Å². The Bertz CT molecular complexity index is 442. The maximum atomic E-state index is 11.8. The second-order valence-corrected chi connectivity index (χ2v) is 4.97. The zero-order valence-corrected chi connectivity index (χ0v) is 11.5. The molecule has 0 aliphatic carbocycles. The minimum Gasteiger partial charge on any atom is -0.481 e. The maximum absolute atomic E-state index is 11.8. The van der Waals surface area contributed by atoms with Gasteiger partial charge in [0, 0.05) is 22.3 Å². The molecule has 1 amide bonds. The number of aliphatic carboxylic acids is 1. The van der Waals surface area contributed by atoms with Crippen LogP contribution in [0.4, 0.5) is 5.69 Å². The van der Waals surface area contributed by atoms with Crippen LogP contribution in [-0.2, 0) is 4.79 Å². The predicted molar refractivity (Wildman–Crippen MR) is 72.3 cm³/mol. The monoisotopic (exact) mass is 314 g/mol. The summed E-state index contributed by atoms with van der Waals surface area (Å²) in [6.45, 7) is 1.92. The van der Waals surface area contributed by atoms with Gasteiger partial charge in [0.25, 0.3) is 5.91 Å². The van der Waals surface area contributed by atoms with Crippen molar-refractivity contribution in [2.24, 2.45) is 5.92 Å². The number of nitrogen functional groups attached to an aromatic ring is 1. The minimum absolute atomic E-state index is 0.263. The average Bonchev–Trinajstić information content (AvgIpc) is 2.27. The molecule has 0 aromatic heterocycles. The molecular formula is C12H15BrN2O3. The molecule has 4 N–H and O–H groups in total. The first-order valence-corrected chi connectivity index (χ1v) is 6.26. The lowest BCUT2D eigenvalue weighted by Crippen LogP contribution is -2.27. The first-order valence-electron chi connectivity index (χ1n) is 5.47. The van der Waals surface area contributed by atoms with Crippen LogP contribution >= 0.6 is 15.9 Å². The van der Waals surface area contributed by atoms with Crippen molar-refractivity contribution in [2.45, 2.75) is 13.3 Å². The van der Waals surface area contributed by atoms with Gasteiger partial charge in [-0.15, -0.1) is 0 Å². The number of carboxylic acid groups (broad SMARTS) is 1. The molecule has 1 aromatic rings. The van der Waals surface area contributed by atoms with Crippen molar-refractivity contribution in [1.29, 1.82) is 0 Å². The number of nitrogens with two attached hydrogens (primary N) is 1. The molecule has 18 heavy (non-hydrogen) atoms. The SMILES string of the molecule is CC(CCNC(=O)c1cc(N)cc(Br)c1)C(=O)O. The maximum Gasteiger partial charge on any atom is 0.306 e. The normalized spacial score (nSPS) is 11.9. The second kappa shape index (κ2) is 6.39. The van der Waals surface area contributed by atoms with Crippen LogP contribution in [0.15, 0.2) is 22.7 Å². The number of hydrogen-bond donors (Lipinski definition) is 3. The number of benzene rings is 1. The van der Waals surface area contributed by atoms with E-state index in [-0.39, 0.29) is 5.91 Å². The van der Waals surface area contributed by atoms with E-state index in [1.807, 2.05) is 0 Å². The fourth-order valence-electron chi connectivity index (χ4n) is 1.37. The highest BCUT2D eigenvalue weighted by Gasteiger charge is 2.12. The molecular weight excluding hydrogens is 300 g/mol. The summed E-state index contributed by atoms with van der Waals surface area (Å²) in [5, 5.41) is 11.4. The molecule has 0 aliphatic heterocycles. The fourth-order valence-corrected chi connectivity index (χ4v) is 1.88. The molecule has 0 aliphatic rings. The smallest absolute Gasteiger partial charge is 0.306 e. The Morgan fingerprint density at radius 3 is 2.67 bits per heavy atom. The summed E-state index contributed by atoms with van der Waals surface area (Å²) in [6, 6.07) is 4.93. The highest BCUT2D eigenvalue weighted by molar-refractivity contribution is 9.10. The number of halogens is 1. The lowest BCUT2D eigenvalue weighted by Gasteiger charge is -2.08. The van der Waals surface area contributed by atoms with E-state index in [1.54, 1.807) is 25.1 Å². The molecule has 1 unspecified atom stereocenters. The molecule has 0 heterocycles. The number of carbonyl (C=O) groups is 2. The summed E-state index contributed by atoms with van der Waals surface area (Å²) < 4.78 is 0.728. The van der Waals surface area contributed by atoms with Gasteiger partial charge in [-0.1, -0.05) is 22.9 Å². The zero-order valence-electron chi connectivity index (χ0n) is 9.94. The van der Waals surface area contributed by atoms with Gasteiger partial charge in [-0.05, 0) is 24.6 Å². The average molecular weight is 315 g/mol. The van der Waals surface area contributed by atoms with Crippen LogP contribution in [0.1, 0.15) is 23.7 Å². The Morgan fingerprint density at radius 2 is 2.11 bits per heavy atom. The quantitative estimate of drug-likeness (QED) is 0.723. The fraction of sp³-hybridized carbons (Fsp3) is 0.333. The van der Waals surface area contributed by atoms with Crippen LogP contribution in [0.3, 0.4) is 0 Å². The molecule has 0 bridgehead atoms. The van der Waals surface area contributed by atoms with Gasteiger partial charge in [-0.2, -0.15) is 0 Å². The number of nitrogens with one attached hydrogen (secondary N) is 1. The summed E-state index contributed by atoms with van der Waals surface area (Å²) in [7, 11) is 0. The van der Waals surface area contributed by atoms with Crippen molar-refractivity contribution in [2.75, 3.05) is 12.3 Å². The largest absolute Gasteiger partial charge is 0.481 e. The summed E-state index contributed by atoms with van der Waals surface area (Å²) >= 11 is 3.25. The highest BCUT2D eigenvalue weighted by atomic mass is 79.9. The summed E-state index contributed by atoms with van der Waals surface area (Å²) in [4.78, 5) is 22.4. The second-order valence-electron chi connectivity index (χ2n) is 4.06. The van der Waals surface area contributed by atoms with Crippen molar-refractivity contribution in [3.8, 4) is 0 Å². The Balaban J connectivity index is 2.53. The number of anilines is 1. The molecule has 98 valence electrons. The van der Waals surface area contributed by atoms with Gasteiger partial charge in [-0.3, -0.25) is 9.59 Å². The lowest BCUT2D eigenvalue weighted by molar-refractivity contribution is -0.141. The minimum atomic E-state index is -0.865. The molecule has 1 aromatic carbocycles. The van der Waals surface area contributed by atoms with Crippen molar-refractivity contribution in [3.05, 3.63) is 28.2 Å². The van der Waals surface area contributed by atoms with Crippen molar-refractivity contribution < 1.29 is 14.7 Å². The van der Waals surface area contributed by atoms with Crippen molar-refractivity contribution in [3.63, 3.8) is 0 Å². The van der Waals surface area contributed by atoms with E-state index < -0.39 is 11.9 Å². The van der Waals surface area contributed by atoms with E-state index >= 15 is 0 Å². The third-order valence-electron chi connectivity index (χ3n) is 2.47. The summed E-state index contributed by atoms with van der Waals surface area (Å²) in [6.07, 6.45) is 0.393. The third-order valence-corrected chi connectivity index (χ3v) is 2.92. The van der Waals surface area contributed by atoms with E-state index in [9.17, 15) is 9.59 Å². The highest BCUT2D eigenvalue weighted by Crippen LogP contribution is 2.17. The summed E-state index contributed by atoms with van der Waals surface area (Å²) in [5.74, 6) is -1.60. The number of carboxylic acids is 1. The lowest BCUT2D eigenvalue weighted by atomic mass is 10.1. The van der Waals surface area contributed by atoms with E-state index in [0.717, 1.165) is 4.47 Å². The first-order chi connectivity index (χ1) is 8.40. The molecule has 5 nitrogen and oxygen atoms in total. The number of hydrogen-bond acceptors (Lipinski definition) is 3. The number of amides is 1. The molecule has 1 atom stereocenters. The van der Waals surface area contributed by atoms with Gasteiger partial charge >= 0.3 is 5.97 Å². The van der Waals surface area contributed by atoms with Crippen LogP contribution in [0.25, 0.3) is 0 Å². The standard InChI is InChI=1S/C12H15BrN2O3/c1-7(12(17)18)2-3-15-11(16)8-4-9(13)6-10(14)5-8/h4-7H,2-3,14H2,1H3,(H,15,16)(H,17,18). The molecule has 0 saturated heterocycles. The van der Waals surface area contributed by atoms with E-state index in [4.69, 9.17) is 10.8 Å². The zero-order chi connectivity index (χ0) is 13.7. The van der Waals surface area contributed by atoms with Crippen LogP contribution in [0.2, 0.25) is 0 Å². The topological polar surface area (TPSA) is 92.4 Å². The van der Waals surface area contributed by atoms with E-state index in [0.29, 0.717) is 24.2 Å². The Morgan fingerprint density at radius 1 is 1.44 bits per heavy atom. The molecule has 0 spiro atoms. The Hall–Kier alpha value is -1.56. The third kappa shape index (κ3) is 4.37. The van der Waals surface area contributed by atoms with Gasteiger partial charge in [0.2, 0.25) is 0 Å².